The molecule has 0 aliphatic carbocycles. The number of rotatable bonds is 12. The number of hydrogen-bond acceptors (Lipinski definition) is 15. The Kier molecular flexibility index (Phi) is 14.1. The van der Waals surface area contributed by atoms with Crippen molar-refractivity contribution in [1.82, 2.24) is 4.90 Å². The number of ether oxygens (including phenoxy) is 3. The highest BCUT2D eigenvalue weighted by molar-refractivity contribution is 5.91. The van der Waals surface area contributed by atoms with Gasteiger partial charge < -0.3 is 69.8 Å². The van der Waals surface area contributed by atoms with Gasteiger partial charge in [0.05, 0.1) is 19.1 Å². The molecule has 19 heteroatoms. The van der Waals surface area contributed by atoms with Crippen LogP contribution in [0.25, 0.3) is 6.08 Å². The Morgan fingerprint density at radius 1 is 0.743 bits per heavy atom. The third-order valence-electron chi connectivity index (χ3n) is 14.1. The molecule has 0 spiro atoms. The first kappa shape index (κ1) is 48.9. The zero-order chi connectivity index (χ0) is 50.0. The van der Waals surface area contributed by atoms with Crippen LogP contribution in [0.1, 0.15) is 84.8 Å². The average molecular weight is 967 g/mol. The number of carbonyl (C=O) groups excluding carboxylic acids is 3. The summed E-state index contributed by atoms with van der Waals surface area (Å²) in [6.45, 7) is 2.55. The van der Waals surface area contributed by atoms with E-state index in [1.165, 1.54) is 55.3 Å². The summed E-state index contributed by atoms with van der Waals surface area (Å²) in [6, 6.07) is 16.1. The SMILES string of the molecule is O=C(/C=C/c1cccc2c1[C@H](C(=O)O[C@H](Cc1ccc(O)c(O)c1)C(=O)O)[C@@H](c1ccc(O)c(O)c1)O2)O[C@H](Cc1ccc(O)c(O)c1)C(=O)O.O=C1CCCC2C3CCC[N+]4([O-])CCCC(CN12)C34. The maximum absolute atomic E-state index is 13.9. The van der Waals surface area contributed by atoms with E-state index in [0.29, 0.717) is 29.8 Å². The molecule has 5 heterocycles. The van der Waals surface area contributed by atoms with Crippen molar-refractivity contribution in [2.75, 3.05) is 19.6 Å². The van der Waals surface area contributed by atoms with E-state index in [9.17, 15) is 70.0 Å². The minimum Gasteiger partial charge on any atom is -0.633 e. The van der Waals surface area contributed by atoms with E-state index in [4.69, 9.17) is 14.2 Å². The van der Waals surface area contributed by atoms with Gasteiger partial charge in [-0.3, -0.25) is 9.59 Å². The van der Waals surface area contributed by atoms with Gasteiger partial charge in [-0.1, -0.05) is 30.3 Å². The number of phenolic OH excluding ortho intramolecular Hbond substituents is 6. The Morgan fingerprint density at radius 2 is 1.34 bits per heavy atom. The fraction of sp³-hybridized carbons (Fsp3) is 0.392. The third-order valence-corrected chi connectivity index (χ3v) is 14.1. The summed E-state index contributed by atoms with van der Waals surface area (Å²) < 4.78 is 16.7. The summed E-state index contributed by atoms with van der Waals surface area (Å²) in [6.07, 6.45) is 4.06. The fourth-order valence-corrected chi connectivity index (χ4v) is 11.0. The normalized spacial score (nSPS) is 25.2. The number of hydrogen-bond donors (Lipinski definition) is 8. The Morgan fingerprint density at radius 3 is 1.96 bits per heavy atom. The van der Waals surface area contributed by atoms with Gasteiger partial charge in [-0.25, -0.2) is 14.4 Å². The lowest BCUT2D eigenvalue weighted by Crippen LogP contribution is -2.71. The van der Waals surface area contributed by atoms with Crippen LogP contribution in [0, 0.1) is 17.0 Å². The minimum absolute atomic E-state index is 0.0772. The van der Waals surface area contributed by atoms with Crippen LogP contribution in [0.15, 0.2) is 78.9 Å². The Balaban J connectivity index is 0.000000285. The largest absolute Gasteiger partial charge is 0.633 e. The lowest BCUT2D eigenvalue weighted by Gasteiger charge is -2.64. The van der Waals surface area contributed by atoms with Gasteiger partial charge in [-0.2, -0.15) is 0 Å². The van der Waals surface area contributed by atoms with E-state index in [2.05, 4.69) is 4.90 Å². The van der Waals surface area contributed by atoms with E-state index in [1.54, 1.807) is 0 Å². The number of aromatic hydroxyl groups is 6. The molecule has 0 radical (unpaired) electrons. The summed E-state index contributed by atoms with van der Waals surface area (Å²) in [5, 5.41) is 91.4. The maximum Gasteiger partial charge on any atom is 0.345 e. The molecule has 5 unspecified atom stereocenters. The molecule has 1 amide bonds. The molecule has 4 saturated heterocycles. The number of quaternary nitrogens is 1. The van der Waals surface area contributed by atoms with E-state index in [0.717, 1.165) is 94.2 Å². The number of aliphatic carboxylic acids is 2. The molecule has 9 atom stereocenters. The van der Waals surface area contributed by atoms with E-state index in [1.807, 2.05) is 0 Å². The van der Waals surface area contributed by atoms with Crippen LogP contribution in [0.4, 0.5) is 0 Å². The molecule has 19 nitrogen and oxygen atoms in total. The molecule has 5 aliphatic rings. The summed E-state index contributed by atoms with van der Waals surface area (Å²) in [4.78, 5) is 65.1. The van der Waals surface area contributed by atoms with E-state index >= 15 is 0 Å². The molecule has 0 bridgehead atoms. The van der Waals surface area contributed by atoms with Crippen molar-refractivity contribution >= 4 is 35.9 Å². The van der Waals surface area contributed by atoms with Crippen molar-refractivity contribution in [1.29, 1.82) is 0 Å². The number of piperidine rings is 4. The number of benzene rings is 4. The number of carboxylic acid groups (broad SMARTS) is 2. The molecule has 4 fully saturated rings. The van der Waals surface area contributed by atoms with Crippen molar-refractivity contribution in [2.45, 2.75) is 94.1 Å². The summed E-state index contributed by atoms with van der Waals surface area (Å²) >= 11 is 0. The molecule has 4 aromatic rings. The van der Waals surface area contributed by atoms with Crippen molar-refractivity contribution in [3.63, 3.8) is 0 Å². The van der Waals surface area contributed by atoms with Crippen molar-refractivity contribution in [2.24, 2.45) is 11.8 Å². The highest BCUT2D eigenvalue weighted by Gasteiger charge is 2.55. The van der Waals surface area contributed by atoms with E-state index < -0.39 is 89.0 Å². The van der Waals surface area contributed by atoms with Crippen molar-refractivity contribution in [3.8, 4) is 40.2 Å². The standard InChI is InChI=1S/C36H30O15.C15H24N2O2/c37-21-8-4-17(12-24(21)40)14-28(34(44)45)49-30(43)11-7-19-2-1-3-27-31(19)32(33(50-27)20-6-10-23(39)26(42)16-20)36(48)51-29(35(46)47)15-18-5-9-22(38)25(41)13-18;18-14-7-1-6-13-12-5-3-9-17(19)8-2-4-11(15(12)17)10-16(13)14/h1-13,16,28-29,32-33,37-42H,14-15H2,(H,44,45)(H,46,47);11-13,15H,1-10H2/b11-7+;/t28-,29-,32+,33-;/m1./s1. The molecule has 8 N–H and O–H groups in total. The minimum atomic E-state index is -1.78. The highest BCUT2D eigenvalue weighted by Crippen LogP contribution is 2.50. The number of amides is 1. The number of esters is 2. The van der Waals surface area contributed by atoms with Gasteiger partial charge in [0.1, 0.15) is 17.8 Å². The van der Waals surface area contributed by atoms with Crippen LogP contribution >= 0.6 is 0 Å². The monoisotopic (exact) mass is 966 g/mol. The lowest BCUT2D eigenvalue weighted by molar-refractivity contribution is -0.925. The van der Waals surface area contributed by atoms with Gasteiger partial charge >= 0.3 is 23.9 Å². The first-order valence-corrected chi connectivity index (χ1v) is 23.2. The average Bonchev–Trinajstić information content (AvgIpc) is 3.72. The van der Waals surface area contributed by atoms with Gasteiger partial charge in [-0.05, 0) is 109 Å². The Bertz CT molecular complexity index is 2700. The van der Waals surface area contributed by atoms with Crippen molar-refractivity contribution in [3.05, 3.63) is 112 Å². The van der Waals surface area contributed by atoms with E-state index in [-0.39, 0.29) is 44.6 Å². The molecule has 70 heavy (non-hydrogen) atoms. The molecule has 5 aliphatic heterocycles. The second-order valence-electron chi connectivity index (χ2n) is 18.5. The van der Waals surface area contributed by atoms with Crippen LogP contribution in [0.5, 0.6) is 40.2 Å². The Labute approximate surface area is 401 Å². The highest BCUT2D eigenvalue weighted by atomic mass is 16.6. The number of phenols is 6. The number of carboxylic acids is 2. The number of fused-ring (bicyclic) bond motifs is 3. The quantitative estimate of drug-likeness (QED) is 0.0285. The molecule has 9 rings (SSSR count). The third kappa shape index (κ3) is 10.3. The zero-order valence-electron chi connectivity index (χ0n) is 37.8. The Hall–Kier alpha value is -7.51. The van der Waals surface area contributed by atoms with Gasteiger partial charge in [0.2, 0.25) is 18.1 Å². The van der Waals surface area contributed by atoms with Crippen LogP contribution < -0.4 is 4.74 Å². The van der Waals surface area contributed by atoms with Crippen LogP contribution in [-0.2, 0) is 46.3 Å². The van der Waals surface area contributed by atoms with Gasteiger partial charge in [-0.15, -0.1) is 0 Å². The molecular formula is C51H54N2O17. The predicted octanol–water partition coefficient (Wildman–Crippen LogP) is 5.51. The predicted molar refractivity (Wildman–Crippen MR) is 245 cm³/mol. The van der Waals surface area contributed by atoms with Crippen molar-refractivity contribution < 1.29 is 83.7 Å². The first-order valence-electron chi connectivity index (χ1n) is 23.2. The topological polar surface area (TPSA) is 301 Å². The lowest BCUT2D eigenvalue weighted by atomic mass is 9.67. The molecular weight excluding hydrogens is 913 g/mol. The zero-order valence-corrected chi connectivity index (χ0v) is 37.8. The molecule has 4 aromatic carbocycles. The smallest absolute Gasteiger partial charge is 0.345 e. The molecule has 0 aromatic heterocycles. The summed E-state index contributed by atoms with van der Waals surface area (Å²) in [7, 11) is 0. The first-order chi connectivity index (χ1) is 33.4. The number of hydroxylamine groups is 3. The second kappa shape index (κ2) is 20.2. The fourth-order valence-electron chi connectivity index (χ4n) is 11.0. The maximum atomic E-state index is 13.9. The van der Waals surface area contributed by atoms with Gasteiger partial charge in [0, 0.05) is 55.3 Å². The van der Waals surface area contributed by atoms with Crippen LogP contribution in [-0.4, -0.2) is 124 Å². The summed E-state index contributed by atoms with van der Waals surface area (Å²) in [5.41, 5.74) is 1.00. The number of carbonyl (C=O) groups is 5. The molecule has 370 valence electrons. The van der Waals surface area contributed by atoms with Gasteiger partial charge in [0.25, 0.3) is 0 Å². The number of nitrogens with zero attached hydrogens (tertiary/aromatic N) is 2. The van der Waals surface area contributed by atoms with Crippen LogP contribution in [0.3, 0.4) is 0 Å². The van der Waals surface area contributed by atoms with Gasteiger partial charge in [0.15, 0.2) is 34.5 Å². The van der Waals surface area contributed by atoms with Crippen LogP contribution in [0.2, 0.25) is 0 Å². The second-order valence-corrected chi connectivity index (χ2v) is 18.5. The summed E-state index contributed by atoms with van der Waals surface area (Å²) in [5.74, 6) is -8.03. The molecule has 0 saturated carbocycles.